The van der Waals surface area contributed by atoms with Crippen LogP contribution in [0.5, 0.6) is 0 Å². The van der Waals surface area contributed by atoms with Gasteiger partial charge >= 0.3 is 5.97 Å². The molecule has 0 amide bonds. The molecule has 7 heteroatoms. The van der Waals surface area contributed by atoms with E-state index in [2.05, 4.69) is 15.0 Å². The van der Waals surface area contributed by atoms with Crippen molar-refractivity contribution in [3.8, 4) is 11.4 Å². The number of likely N-dealkylation sites (tertiary alicyclic amines) is 1. The summed E-state index contributed by atoms with van der Waals surface area (Å²) in [6.45, 7) is 2.39. The maximum atomic E-state index is 10.9. The minimum absolute atomic E-state index is 0.205. The Balaban J connectivity index is 1.53. The van der Waals surface area contributed by atoms with Crippen LogP contribution in [0.3, 0.4) is 0 Å². The van der Waals surface area contributed by atoms with E-state index in [9.17, 15) is 4.79 Å². The van der Waals surface area contributed by atoms with Crippen LogP contribution in [-0.4, -0.2) is 45.8 Å². The van der Waals surface area contributed by atoms with Crippen molar-refractivity contribution in [3.05, 3.63) is 35.2 Å². The van der Waals surface area contributed by atoms with Gasteiger partial charge < -0.3 is 14.5 Å². The van der Waals surface area contributed by atoms with Crippen molar-refractivity contribution in [3.63, 3.8) is 0 Å². The zero-order valence-corrected chi connectivity index (χ0v) is 13.4. The number of aliphatic carboxylic acids is 1. The predicted molar refractivity (Wildman–Crippen MR) is 85.2 cm³/mol. The number of carbonyl (C=O) groups is 1. The number of carboxylic acid groups (broad SMARTS) is 1. The van der Waals surface area contributed by atoms with Gasteiger partial charge in [-0.05, 0) is 38.1 Å². The van der Waals surface area contributed by atoms with Crippen LogP contribution in [0.15, 0.2) is 28.8 Å². The van der Waals surface area contributed by atoms with Crippen LogP contribution >= 0.6 is 11.6 Å². The van der Waals surface area contributed by atoms with E-state index in [-0.39, 0.29) is 5.92 Å². The van der Waals surface area contributed by atoms with Gasteiger partial charge in [0, 0.05) is 23.6 Å². The zero-order chi connectivity index (χ0) is 16.2. The van der Waals surface area contributed by atoms with Gasteiger partial charge in [-0.3, -0.25) is 4.79 Å². The summed E-state index contributed by atoms with van der Waals surface area (Å²) in [5, 5.41) is 13.6. The Hall–Kier alpha value is -1.92. The highest BCUT2D eigenvalue weighted by Crippen LogP contribution is 2.21. The Labute approximate surface area is 139 Å². The third-order valence-corrected chi connectivity index (χ3v) is 4.36. The summed E-state index contributed by atoms with van der Waals surface area (Å²) in [4.78, 5) is 17.6. The predicted octanol–water partition coefficient (Wildman–Crippen LogP) is 2.73. The minimum Gasteiger partial charge on any atom is -0.481 e. The molecule has 0 aliphatic carbocycles. The average molecular weight is 336 g/mol. The number of hydrogen-bond acceptors (Lipinski definition) is 5. The van der Waals surface area contributed by atoms with E-state index in [0.29, 0.717) is 36.0 Å². The molecular formula is C16H18ClN3O3. The van der Waals surface area contributed by atoms with Crippen molar-refractivity contribution in [2.75, 3.05) is 19.6 Å². The van der Waals surface area contributed by atoms with Gasteiger partial charge in [-0.25, -0.2) is 0 Å². The van der Waals surface area contributed by atoms with E-state index in [4.69, 9.17) is 21.2 Å². The third kappa shape index (κ3) is 4.09. The van der Waals surface area contributed by atoms with Crippen molar-refractivity contribution >= 4 is 17.6 Å². The molecule has 1 saturated heterocycles. The fourth-order valence-electron chi connectivity index (χ4n) is 2.76. The molecule has 6 nitrogen and oxygen atoms in total. The van der Waals surface area contributed by atoms with Gasteiger partial charge in [-0.15, -0.1) is 0 Å². The fraction of sp³-hybridized carbons (Fsp3) is 0.438. The first-order valence-electron chi connectivity index (χ1n) is 7.65. The van der Waals surface area contributed by atoms with Gasteiger partial charge in [0.2, 0.25) is 11.7 Å². The summed E-state index contributed by atoms with van der Waals surface area (Å²) in [6.07, 6.45) is 2.06. The highest BCUT2D eigenvalue weighted by atomic mass is 35.5. The summed E-state index contributed by atoms with van der Waals surface area (Å²) < 4.78 is 5.28. The van der Waals surface area contributed by atoms with Crippen molar-refractivity contribution in [1.82, 2.24) is 15.0 Å². The molecule has 2 aromatic rings. The zero-order valence-electron chi connectivity index (χ0n) is 12.6. The lowest BCUT2D eigenvalue weighted by Crippen LogP contribution is -2.37. The second-order valence-electron chi connectivity index (χ2n) is 5.73. The maximum Gasteiger partial charge on any atom is 0.306 e. The maximum absolute atomic E-state index is 10.9. The second kappa shape index (κ2) is 7.10. The van der Waals surface area contributed by atoms with Gasteiger partial charge in [-0.1, -0.05) is 28.9 Å². The molecule has 0 atom stereocenters. The molecule has 0 radical (unpaired) electrons. The lowest BCUT2D eigenvalue weighted by atomic mass is 9.97. The lowest BCUT2D eigenvalue weighted by Gasteiger charge is -2.29. The average Bonchev–Trinajstić information content (AvgIpc) is 3.02. The molecule has 1 aliphatic rings. The summed E-state index contributed by atoms with van der Waals surface area (Å²) in [7, 11) is 0. The van der Waals surface area contributed by atoms with Gasteiger partial charge in [0.25, 0.3) is 0 Å². The molecule has 1 aliphatic heterocycles. The number of benzene rings is 1. The van der Waals surface area contributed by atoms with Gasteiger partial charge in [0.05, 0.1) is 5.92 Å². The molecule has 122 valence electrons. The molecule has 23 heavy (non-hydrogen) atoms. The highest BCUT2D eigenvalue weighted by molar-refractivity contribution is 6.30. The molecule has 1 aromatic heterocycles. The molecular weight excluding hydrogens is 318 g/mol. The van der Waals surface area contributed by atoms with E-state index in [0.717, 1.165) is 25.2 Å². The first-order chi connectivity index (χ1) is 11.1. The number of carboxylic acids is 1. The number of rotatable bonds is 5. The number of hydrogen-bond donors (Lipinski definition) is 1. The van der Waals surface area contributed by atoms with Gasteiger partial charge in [-0.2, -0.15) is 4.98 Å². The van der Waals surface area contributed by atoms with Crippen LogP contribution < -0.4 is 0 Å². The Morgan fingerprint density at radius 1 is 1.39 bits per heavy atom. The number of aromatic nitrogens is 2. The number of nitrogens with zero attached hydrogens (tertiary/aromatic N) is 3. The number of halogens is 1. The Morgan fingerprint density at radius 3 is 2.87 bits per heavy atom. The largest absolute Gasteiger partial charge is 0.481 e. The van der Waals surface area contributed by atoms with E-state index in [1.165, 1.54) is 0 Å². The Kier molecular flexibility index (Phi) is 4.93. The van der Waals surface area contributed by atoms with Crippen LogP contribution in [0, 0.1) is 5.92 Å². The van der Waals surface area contributed by atoms with Crippen LogP contribution in [0.4, 0.5) is 0 Å². The summed E-state index contributed by atoms with van der Waals surface area (Å²) in [6, 6.07) is 7.33. The molecule has 1 aromatic carbocycles. The standard InChI is InChI=1S/C16H18ClN3O3/c17-13-3-1-2-12(10-13)15-18-14(23-19-15)6-9-20-7-4-11(5-8-20)16(21)22/h1-3,10-11H,4-9H2,(H,21,22). The normalized spacial score (nSPS) is 16.6. The van der Waals surface area contributed by atoms with E-state index >= 15 is 0 Å². The second-order valence-corrected chi connectivity index (χ2v) is 6.16. The molecule has 0 unspecified atom stereocenters. The molecule has 0 saturated carbocycles. The number of piperidine rings is 1. The van der Waals surface area contributed by atoms with Crippen LogP contribution in [0.2, 0.25) is 5.02 Å². The first-order valence-corrected chi connectivity index (χ1v) is 8.03. The van der Waals surface area contributed by atoms with E-state index in [1.54, 1.807) is 12.1 Å². The molecule has 3 rings (SSSR count). The van der Waals surface area contributed by atoms with Crippen LogP contribution in [0.25, 0.3) is 11.4 Å². The SMILES string of the molecule is O=C(O)C1CCN(CCc2nc(-c3cccc(Cl)c3)no2)CC1. The lowest BCUT2D eigenvalue weighted by molar-refractivity contribution is -0.143. The molecule has 2 heterocycles. The first kappa shape index (κ1) is 16.0. The van der Waals surface area contributed by atoms with Crippen LogP contribution in [-0.2, 0) is 11.2 Å². The summed E-state index contributed by atoms with van der Waals surface area (Å²) in [5.74, 6) is 0.226. The summed E-state index contributed by atoms with van der Waals surface area (Å²) >= 11 is 5.96. The monoisotopic (exact) mass is 335 g/mol. The van der Waals surface area contributed by atoms with E-state index < -0.39 is 5.97 Å². The van der Waals surface area contributed by atoms with Crippen molar-refractivity contribution in [1.29, 1.82) is 0 Å². The van der Waals surface area contributed by atoms with Crippen molar-refractivity contribution in [2.45, 2.75) is 19.3 Å². The molecule has 1 fully saturated rings. The topological polar surface area (TPSA) is 79.5 Å². The van der Waals surface area contributed by atoms with Crippen LogP contribution in [0.1, 0.15) is 18.7 Å². The third-order valence-electron chi connectivity index (χ3n) is 4.13. The smallest absolute Gasteiger partial charge is 0.306 e. The molecule has 1 N–H and O–H groups in total. The quantitative estimate of drug-likeness (QED) is 0.905. The van der Waals surface area contributed by atoms with Gasteiger partial charge in [0.1, 0.15) is 0 Å². The van der Waals surface area contributed by atoms with E-state index in [1.807, 2.05) is 12.1 Å². The highest BCUT2D eigenvalue weighted by Gasteiger charge is 2.24. The Morgan fingerprint density at radius 2 is 2.17 bits per heavy atom. The van der Waals surface area contributed by atoms with Crippen molar-refractivity contribution < 1.29 is 14.4 Å². The van der Waals surface area contributed by atoms with Gasteiger partial charge in [0.15, 0.2) is 0 Å². The minimum atomic E-state index is -0.687. The fourth-order valence-corrected chi connectivity index (χ4v) is 2.95. The van der Waals surface area contributed by atoms with Crippen molar-refractivity contribution in [2.24, 2.45) is 5.92 Å². The summed E-state index contributed by atoms with van der Waals surface area (Å²) in [5.41, 5.74) is 0.828. The Bertz CT molecular complexity index is 681. The molecule has 0 spiro atoms. The molecule has 0 bridgehead atoms.